The summed E-state index contributed by atoms with van der Waals surface area (Å²) in [4.78, 5) is 21.2. The minimum Gasteiger partial charge on any atom is -0.380 e. The number of aliphatic hydroxyl groups excluding tert-OH is 1. The average molecular weight is 500 g/mol. The lowest BCUT2D eigenvalue weighted by Gasteiger charge is -2.36. The van der Waals surface area contributed by atoms with Crippen molar-refractivity contribution < 1.29 is 19.5 Å². The Kier molecular flexibility index (Phi) is 5.08. The van der Waals surface area contributed by atoms with Crippen LogP contribution >= 0.6 is 0 Å². The second-order valence-corrected chi connectivity index (χ2v) is 9.77. The Labute approximate surface area is 211 Å². The van der Waals surface area contributed by atoms with E-state index < -0.39 is 17.6 Å². The van der Waals surface area contributed by atoms with E-state index in [4.69, 9.17) is 10.3 Å². The molecule has 1 aromatic carbocycles. The predicted molar refractivity (Wildman–Crippen MR) is 130 cm³/mol. The van der Waals surface area contributed by atoms with Crippen molar-refractivity contribution >= 4 is 5.91 Å². The van der Waals surface area contributed by atoms with Crippen molar-refractivity contribution in [2.45, 2.75) is 50.4 Å². The molecular formula is C26H25N7O4. The maximum atomic E-state index is 12.5. The molecule has 2 aliphatic heterocycles. The molecule has 2 atom stereocenters. The van der Waals surface area contributed by atoms with Gasteiger partial charge in [0, 0.05) is 37.3 Å². The van der Waals surface area contributed by atoms with Gasteiger partial charge in [-0.05, 0) is 49.4 Å². The molecule has 4 aromatic rings. The molecular weight excluding hydrogens is 474 g/mol. The van der Waals surface area contributed by atoms with Gasteiger partial charge in [-0.2, -0.15) is 10.1 Å². The molecule has 0 spiro atoms. The largest absolute Gasteiger partial charge is 0.380 e. The lowest BCUT2D eigenvalue weighted by atomic mass is 9.75. The highest BCUT2D eigenvalue weighted by Gasteiger charge is 2.42. The number of aromatic nitrogens is 6. The van der Waals surface area contributed by atoms with Gasteiger partial charge in [0.1, 0.15) is 11.9 Å². The van der Waals surface area contributed by atoms with Crippen molar-refractivity contribution in [1.29, 1.82) is 0 Å². The van der Waals surface area contributed by atoms with Crippen LogP contribution in [0.4, 0.5) is 0 Å². The van der Waals surface area contributed by atoms with Gasteiger partial charge in [-0.1, -0.05) is 23.1 Å². The quantitative estimate of drug-likeness (QED) is 0.359. The number of aryl methyl sites for hydroxylation is 2. The number of primary amides is 1. The number of hydrogen-bond donors (Lipinski definition) is 3. The molecule has 5 heterocycles. The summed E-state index contributed by atoms with van der Waals surface area (Å²) in [6, 6.07) is 7.58. The van der Waals surface area contributed by atoms with Crippen LogP contribution in [0, 0.1) is 18.8 Å². The lowest BCUT2D eigenvalue weighted by molar-refractivity contribution is 0.0987. The number of aliphatic hydroxyl groups is 2. The molecule has 0 saturated heterocycles. The number of benzene rings is 1. The molecule has 3 aliphatic rings. The molecule has 1 amide bonds. The number of nitrogens with zero attached hydrogens (tertiary/aromatic N) is 6. The maximum absolute atomic E-state index is 12.5. The van der Waals surface area contributed by atoms with E-state index in [0.717, 1.165) is 24.0 Å². The number of rotatable bonds is 4. The van der Waals surface area contributed by atoms with E-state index in [1.165, 1.54) is 6.92 Å². The van der Waals surface area contributed by atoms with Crippen LogP contribution in [0.5, 0.6) is 0 Å². The molecule has 11 heteroatoms. The monoisotopic (exact) mass is 499 g/mol. The van der Waals surface area contributed by atoms with Crippen molar-refractivity contribution in [3.05, 3.63) is 70.4 Å². The Morgan fingerprint density at radius 3 is 2.73 bits per heavy atom. The number of carbonyl (C=O) groups is 1. The number of hydrogen-bond acceptors (Lipinski definition) is 8. The van der Waals surface area contributed by atoms with Crippen molar-refractivity contribution in [3.63, 3.8) is 0 Å². The van der Waals surface area contributed by atoms with Crippen LogP contribution in [-0.2, 0) is 12.6 Å². The highest BCUT2D eigenvalue weighted by atomic mass is 16.5. The maximum Gasteiger partial charge on any atom is 0.269 e. The Morgan fingerprint density at radius 1 is 1.30 bits per heavy atom. The van der Waals surface area contributed by atoms with Crippen LogP contribution in [0.25, 0.3) is 11.4 Å². The third kappa shape index (κ3) is 3.64. The average Bonchev–Trinajstić information content (AvgIpc) is 3.53. The number of imidazole rings is 1. The molecule has 1 aliphatic carbocycles. The van der Waals surface area contributed by atoms with Gasteiger partial charge in [0.2, 0.25) is 11.7 Å². The summed E-state index contributed by atoms with van der Waals surface area (Å²) in [7, 11) is 1.73. The zero-order valence-corrected chi connectivity index (χ0v) is 20.5. The summed E-state index contributed by atoms with van der Waals surface area (Å²) in [5.74, 6) is 6.43. The fourth-order valence-electron chi connectivity index (χ4n) is 5.22. The Bertz CT molecular complexity index is 1610. The van der Waals surface area contributed by atoms with E-state index in [0.29, 0.717) is 34.6 Å². The van der Waals surface area contributed by atoms with E-state index in [2.05, 4.69) is 32.1 Å². The van der Waals surface area contributed by atoms with Crippen molar-refractivity contribution in [2.75, 3.05) is 0 Å². The van der Waals surface area contributed by atoms with E-state index >= 15 is 0 Å². The van der Waals surface area contributed by atoms with Gasteiger partial charge in [-0.15, -0.1) is 0 Å². The summed E-state index contributed by atoms with van der Waals surface area (Å²) in [5.41, 5.74) is 7.63. The van der Waals surface area contributed by atoms with E-state index in [9.17, 15) is 15.0 Å². The summed E-state index contributed by atoms with van der Waals surface area (Å²) in [6.07, 6.45) is 2.17. The van der Waals surface area contributed by atoms with Gasteiger partial charge in [0.25, 0.3) is 5.91 Å². The molecule has 7 rings (SSSR count). The second-order valence-electron chi connectivity index (χ2n) is 9.77. The SMILES string of the molecule is Cc1nc(C(C)(O)C#Cc2ccc3c(c2)-c2nc(C(N)=O)c(C(O)c4ccnn4C)n2C2CC3C2)no1. The first-order valence-corrected chi connectivity index (χ1v) is 11.9. The zero-order valence-electron chi connectivity index (χ0n) is 20.5. The molecule has 0 radical (unpaired) electrons. The third-order valence-corrected chi connectivity index (χ3v) is 7.21. The standard InChI is InChI=1S/C26H25N7O4/c1-13-29-25(31-37-13)26(2,36)8-6-14-4-5-17-15-11-16(12-15)33-21(22(34)19-7-9-28-32(19)3)20(23(27)35)30-24(33)18(17)10-14/h4-5,7,9-10,15-16,22,34,36H,11-12H2,1-3H3,(H2,27,35). The van der Waals surface area contributed by atoms with Crippen LogP contribution in [0.1, 0.15) is 82.5 Å². The summed E-state index contributed by atoms with van der Waals surface area (Å²) in [5, 5.41) is 30.0. The van der Waals surface area contributed by atoms with Crippen LogP contribution in [0.15, 0.2) is 35.0 Å². The topological polar surface area (TPSA) is 158 Å². The Balaban J connectivity index is 1.48. The zero-order chi connectivity index (χ0) is 26.1. The van der Waals surface area contributed by atoms with Crippen LogP contribution in [0.3, 0.4) is 0 Å². The number of amides is 1. The third-order valence-electron chi connectivity index (χ3n) is 7.21. The van der Waals surface area contributed by atoms with E-state index in [1.54, 1.807) is 30.9 Å². The Hall–Kier alpha value is -4.27. The van der Waals surface area contributed by atoms with E-state index in [1.807, 2.05) is 22.8 Å². The smallest absolute Gasteiger partial charge is 0.269 e. The van der Waals surface area contributed by atoms with Crippen LogP contribution in [0.2, 0.25) is 0 Å². The minimum absolute atomic E-state index is 0.0342. The van der Waals surface area contributed by atoms with Gasteiger partial charge < -0.3 is 25.0 Å². The fraction of sp³-hybridized carbons (Fsp3) is 0.346. The molecule has 2 unspecified atom stereocenters. The highest BCUT2D eigenvalue weighted by molar-refractivity contribution is 5.93. The van der Waals surface area contributed by atoms with Crippen molar-refractivity contribution in [3.8, 4) is 23.2 Å². The molecule has 4 N–H and O–H groups in total. The fourth-order valence-corrected chi connectivity index (χ4v) is 5.22. The molecule has 1 saturated carbocycles. The number of carbonyl (C=O) groups excluding carboxylic acids is 1. The first kappa shape index (κ1) is 23.1. The van der Waals surface area contributed by atoms with Gasteiger partial charge in [-0.3, -0.25) is 9.48 Å². The molecule has 2 bridgehead atoms. The lowest BCUT2D eigenvalue weighted by Crippen LogP contribution is -2.27. The molecule has 37 heavy (non-hydrogen) atoms. The minimum atomic E-state index is -1.61. The molecule has 3 aromatic heterocycles. The van der Waals surface area contributed by atoms with E-state index in [-0.39, 0.29) is 17.6 Å². The molecule has 188 valence electrons. The summed E-state index contributed by atoms with van der Waals surface area (Å²) in [6.45, 7) is 3.14. The second kappa shape index (κ2) is 8.12. The van der Waals surface area contributed by atoms with Crippen molar-refractivity contribution in [1.82, 2.24) is 29.5 Å². The summed E-state index contributed by atoms with van der Waals surface area (Å²) < 4.78 is 8.49. The van der Waals surface area contributed by atoms with Gasteiger partial charge in [0.15, 0.2) is 11.3 Å². The predicted octanol–water partition coefficient (Wildman–Crippen LogP) is 1.85. The van der Waals surface area contributed by atoms with Crippen LogP contribution in [-0.4, -0.2) is 45.6 Å². The van der Waals surface area contributed by atoms with Crippen molar-refractivity contribution in [2.24, 2.45) is 12.8 Å². The first-order chi connectivity index (χ1) is 17.6. The van der Waals surface area contributed by atoms with Gasteiger partial charge >= 0.3 is 0 Å². The highest BCUT2D eigenvalue weighted by Crippen LogP contribution is 2.53. The summed E-state index contributed by atoms with van der Waals surface area (Å²) >= 11 is 0. The van der Waals surface area contributed by atoms with Crippen LogP contribution < -0.4 is 5.73 Å². The normalized spacial score (nSPS) is 19.9. The molecule has 1 fully saturated rings. The van der Waals surface area contributed by atoms with Gasteiger partial charge in [0.05, 0.1) is 11.4 Å². The molecule has 11 nitrogen and oxygen atoms in total. The first-order valence-electron chi connectivity index (χ1n) is 11.9. The number of nitrogens with two attached hydrogens (primary N) is 1. The Morgan fingerprint density at radius 2 is 2.08 bits per heavy atom. The van der Waals surface area contributed by atoms with Gasteiger partial charge in [-0.25, -0.2) is 4.98 Å².